The first kappa shape index (κ1) is 22.5. The summed E-state index contributed by atoms with van der Waals surface area (Å²) in [5, 5.41) is 13.3. The summed E-state index contributed by atoms with van der Waals surface area (Å²) in [6, 6.07) is 11.1. The van der Waals surface area contributed by atoms with Crippen LogP contribution in [0.4, 0.5) is 17.3 Å². The predicted molar refractivity (Wildman–Crippen MR) is 128 cm³/mol. The maximum atomic E-state index is 9.26. The van der Waals surface area contributed by atoms with Gasteiger partial charge in [-0.2, -0.15) is 0 Å². The van der Waals surface area contributed by atoms with E-state index in [1.54, 1.807) is 25.6 Å². The maximum Gasteiger partial charge on any atom is 0.185 e. The van der Waals surface area contributed by atoms with E-state index in [1.807, 2.05) is 42.1 Å². The lowest BCUT2D eigenvalue weighted by molar-refractivity contribution is 0.197. The zero-order chi connectivity index (χ0) is 23.2. The van der Waals surface area contributed by atoms with Crippen LogP contribution in [0.2, 0.25) is 0 Å². The average Bonchev–Trinajstić information content (AvgIpc) is 3.26. The first-order valence-electron chi connectivity index (χ1n) is 10.1. The van der Waals surface area contributed by atoms with Crippen molar-refractivity contribution in [1.29, 1.82) is 0 Å². The van der Waals surface area contributed by atoms with Crippen molar-refractivity contribution < 1.29 is 19.3 Å². The molecule has 10 nitrogen and oxygen atoms in total. The van der Waals surface area contributed by atoms with E-state index in [0.29, 0.717) is 34.6 Å². The number of ether oxygens (including phenoxy) is 3. The lowest BCUT2D eigenvalue weighted by atomic mass is 10.2. The summed E-state index contributed by atoms with van der Waals surface area (Å²) >= 11 is 1.32. The fourth-order valence-electron chi connectivity index (χ4n) is 3.06. The van der Waals surface area contributed by atoms with Gasteiger partial charge in [-0.1, -0.05) is 12.1 Å². The van der Waals surface area contributed by atoms with E-state index >= 15 is 0 Å². The predicted octanol–water partition coefficient (Wildman–Crippen LogP) is 3.61. The summed E-state index contributed by atoms with van der Waals surface area (Å²) in [6.45, 7) is -0.0423. The number of nitrogens with one attached hydrogen (secondary N) is 2. The number of fused-ring (bicyclic) bond motifs is 1. The number of aliphatic hydroxyl groups excluding tert-OH is 1. The Morgan fingerprint density at radius 2 is 1.82 bits per heavy atom. The lowest BCUT2D eigenvalue weighted by Gasteiger charge is -2.18. The Kier molecular flexibility index (Phi) is 7.01. The topological polar surface area (TPSA) is 116 Å². The molecule has 0 radical (unpaired) electrons. The van der Waals surface area contributed by atoms with Gasteiger partial charge in [0, 0.05) is 37.3 Å². The molecule has 0 fully saturated rings. The average molecular weight is 469 g/mol. The van der Waals surface area contributed by atoms with Crippen LogP contribution in [0.5, 0.6) is 17.2 Å². The number of hydrogen-bond acceptors (Lipinski definition) is 10. The maximum absolute atomic E-state index is 9.26. The first-order chi connectivity index (χ1) is 16.1. The van der Waals surface area contributed by atoms with Crippen LogP contribution in [-0.2, 0) is 7.05 Å². The van der Waals surface area contributed by atoms with Gasteiger partial charge in [-0.05, 0) is 12.1 Å². The Morgan fingerprint density at radius 1 is 1.06 bits per heavy atom. The van der Waals surface area contributed by atoms with Gasteiger partial charge >= 0.3 is 0 Å². The number of aromatic nitrogens is 4. The van der Waals surface area contributed by atoms with E-state index in [9.17, 15) is 5.11 Å². The van der Waals surface area contributed by atoms with E-state index < -0.39 is 0 Å². The van der Waals surface area contributed by atoms with Crippen LogP contribution >= 0.6 is 11.9 Å². The summed E-state index contributed by atoms with van der Waals surface area (Å²) in [6.07, 6.45) is 3.62. The fourth-order valence-corrected chi connectivity index (χ4v) is 3.73. The Bertz CT molecular complexity index is 1250. The highest BCUT2D eigenvalue weighted by Crippen LogP contribution is 2.42. The molecule has 0 atom stereocenters. The highest BCUT2D eigenvalue weighted by molar-refractivity contribution is 8.00. The molecule has 0 aliphatic carbocycles. The van der Waals surface area contributed by atoms with Gasteiger partial charge in [-0.15, -0.1) is 0 Å². The van der Waals surface area contributed by atoms with Crippen molar-refractivity contribution in [3.63, 3.8) is 0 Å². The Balaban J connectivity index is 1.75. The van der Waals surface area contributed by atoms with Gasteiger partial charge in [0.25, 0.3) is 0 Å². The minimum absolute atomic E-state index is 0.0986. The quantitative estimate of drug-likeness (QED) is 0.298. The number of imidazole rings is 1. The molecule has 0 saturated carbocycles. The molecule has 4 rings (SSSR count). The van der Waals surface area contributed by atoms with E-state index in [1.165, 1.54) is 19.1 Å². The third kappa shape index (κ3) is 5.21. The molecule has 0 bridgehead atoms. The third-order valence-corrected chi connectivity index (χ3v) is 5.29. The molecule has 0 unspecified atom stereocenters. The van der Waals surface area contributed by atoms with Gasteiger partial charge < -0.3 is 33.9 Å². The number of rotatable bonds is 10. The van der Waals surface area contributed by atoms with Crippen LogP contribution in [0.25, 0.3) is 11.0 Å². The Morgan fingerprint density at radius 3 is 2.45 bits per heavy atom. The summed E-state index contributed by atoms with van der Waals surface area (Å²) in [5.41, 5.74) is 2.02. The molecule has 11 heteroatoms. The van der Waals surface area contributed by atoms with Crippen molar-refractivity contribution in [2.75, 3.05) is 37.5 Å². The second kappa shape index (κ2) is 10.3. The Hall–Kier alpha value is -3.70. The molecule has 2 heterocycles. The van der Waals surface area contributed by atoms with Crippen molar-refractivity contribution in [1.82, 2.24) is 19.5 Å². The zero-order valence-electron chi connectivity index (χ0n) is 18.4. The number of para-hydroxylation sites is 2. The van der Waals surface area contributed by atoms with E-state index in [4.69, 9.17) is 24.2 Å². The number of aryl methyl sites for hydroxylation is 1. The molecule has 0 aliphatic rings. The normalized spacial score (nSPS) is 10.8. The molecule has 3 N–H and O–H groups in total. The van der Waals surface area contributed by atoms with E-state index in [2.05, 4.69) is 15.0 Å². The van der Waals surface area contributed by atoms with Crippen LogP contribution < -0.4 is 24.2 Å². The monoisotopic (exact) mass is 468 g/mol. The number of methoxy groups -OCH3 is 2. The van der Waals surface area contributed by atoms with Gasteiger partial charge in [0.05, 0.1) is 43.9 Å². The van der Waals surface area contributed by atoms with Gasteiger partial charge in [0.1, 0.15) is 17.4 Å². The molecular weight excluding hydrogens is 444 g/mol. The zero-order valence-corrected chi connectivity index (χ0v) is 19.2. The van der Waals surface area contributed by atoms with Crippen molar-refractivity contribution in [3.05, 3.63) is 48.9 Å². The minimum Gasteiger partial charge on any atom is -0.497 e. The lowest BCUT2D eigenvalue weighted by Crippen LogP contribution is -2.08. The smallest absolute Gasteiger partial charge is 0.185 e. The second-order valence-electron chi connectivity index (χ2n) is 6.89. The van der Waals surface area contributed by atoms with Crippen molar-refractivity contribution in [3.8, 4) is 17.2 Å². The van der Waals surface area contributed by atoms with Crippen LogP contribution in [-0.4, -0.2) is 52.1 Å². The molecule has 0 amide bonds. The largest absolute Gasteiger partial charge is 0.497 e. The molecule has 0 aliphatic heterocycles. The van der Waals surface area contributed by atoms with Crippen LogP contribution in [0, 0.1) is 0 Å². The highest BCUT2D eigenvalue weighted by Gasteiger charge is 2.18. The van der Waals surface area contributed by atoms with Crippen molar-refractivity contribution >= 4 is 40.3 Å². The molecule has 2 aromatic carbocycles. The molecule has 0 spiro atoms. The van der Waals surface area contributed by atoms with Gasteiger partial charge in [0.2, 0.25) is 0 Å². The van der Waals surface area contributed by atoms with Crippen LogP contribution in [0.15, 0.2) is 53.9 Å². The van der Waals surface area contributed by atoms with E-state index in [-0.39, 0.29) is 13.2 Å². The number of nitrogens with zero attached hydrogens (tertiary/aromatic N) is 4. The van der Waals surface area contributed by atoms with Crippen molar-refractivity contribution in [2.45, 2.75) is 5.03 Å². The standard InChI is InChI=1S/C22H24N6O4S/c1-28-12-19(23-13-28)33-27-22-21(24-15-6-4-5-7-16(15)25-22)26-17-10-14(30-2)11-18(31-3)20(17)32-9-8-29/h4-7,10-13,29H,8-9H2,1-3H3,(H,24,26)(H,25,27). The van der Waals surface area contributed by atoms with Gasteiger partial charge in [0.15, 0.2) is 23.1 Å². The summed E-state index contributed by atoms with van der Waals surface area (Å²) in [5.74, 6) is 2.43. The summed E-state index contributed by atoms with van der Waals surface area (Å²) in [7, 11) is 5.01. The Labute approximate surface area is 195 Å². The SMILES string of the molecule is COc1cc(Nc2nc3ccccc3nc2NSc2cn(C)cn2)c(OCCO)c(OC)c1. The van der Waals surface area contributed by atoms with Crippen LogP contribution in [0.1, 0.15) is 0 Å². The van der Waals surface area contributed by atoms with Gasteiger partial charge in [-0.25, -0.2) is 15.0 Å². The summed E-state index contributed by atoms with van der Waals surface area (Å²) < 4.78 is 21.7. The fraction of sp³-hybridized carbons (Fsp3) is 0.227. The van der Waals surface area contributed by atoms with Crippen LogP contribution in [0.3, 0.4) is 0 Å². The number of aliphatic hydroxyl groups is 1. The molecular formula is C22H24N6O4S. The minimum atomic E-state index is -0.141. The molecule has 2 aromatic heterocycles. The molecule has 4 aromatic rings. The number of hydrogen-bond donors (Lipinski definition) is 3. The van der Waals surface area contributed by atoms with Gasteiger partial charge in [-0.3, -0.25) is 0 Å². The molecule has 172 valence electrons. The third-order valence-electron chi connectivity index (χ3n) is 4.58. The highest BCUT2D eigenvalue weighted by atomic mass is 32.2. The summed E-state index contributed by atoms with van der Waals surface area (Å²) in [4.78, 5) is 13.8. The van der Waals surface area contributed by atoms with E-state index in [0.717, 1.165) is 16.1 Å². The number of benzene rings is 2. The molecule has 33 heavy (non-hydrogen) atoms. The second-order valence-corrected chi connectivity index (χ2v) is 7.72. The van der Waals surface area contributed by atoms with Crippen molar-refractivity contribution in [2.24, 2.45) is 7.05 Å². The first-order valence-corrected chi connectivity index (χ1v) is 10.9. The number of anilines is 3. The molecule has 0 saturated heterocycles.